The van der Waals surface area contributed by atoms with Gasteiger partial charge in [0.2, 0.25) is 0 Å². The minimum absolute atomic E-state index is 0.155. The van der Waals surface area contributed by atoms with E-state index in [1.807, 2.05) is 24.3 Å². The average molecular weight is 515 g/mol. The Morgan fingerprint density at radius 1 is 0.897 bits per heavy atom. The summed E-state index contributed by atoms with van der Waals surface area (Å²) in [5.41, 5.74) is 2.50. The minimum Gasteiger partial charge on any atom is -0.482 e. The first-order valence-electron chi connectivity index (χ1n) is 8.56. The summed E-state index contributed by atoms with van der Waals surface area (Å²) in [6.07, 6.45) is 0. The lowest BCUT2D eigenvalue weighted by Gasteiger charge is -2.11. The van der Waals surface area contributed by atoms with E-state index in [9.17, 15) is 4.79 Å². The van der Waals surface area contributed by atoms with Crippen LogP contribution in [0.5, 0.6) is 5.75 Å². The van der Waals surface area contributed by atoms with E-state index in [1.54, 1.807) is 36.4 Å². The van der Waals surface area contributed by atoms with E-state index in [-0.39, 0.29) is 12.5 Å². The van der Waals surface area contributed by atoms with Gasteiger partial charge in [-0.15, -0.1) is 0 Å². The van der Waals surface area contributed by atoms with Gasteiger partial charge in [0.15, 0.2) is 6.61 Å². The number of carbonyl (C=O) groups excluding carboxylic acids is 1. The summed E-state index contributed by atoms with van der Waals surface area (Å²) in [5.74, 6) is 0.148. The Hall–Kier alpha value is -1.92. The van der Waals surface area contributed by atoms with Crippen LogP contribution in [0.25, 0.3) is 0 Å². The number of ether oxygens (including phenoxy) is 1. The Morgan fingerprint density at radius 3 is 2.31 bits per heavy atom. The first-order chi connectivity index (χ1) is 13.9. The summed E-state index contributed by atoms with van der Waals surface area (Å²) >= 11 is 21.6. The van der Waals surface area contributed by atoms with Crippen LogP contribution >= 0.6 is 50.7 Å². The van der Waals surface area contributed by atoms with Gasteiger partial charge in [-0.3, -0.25) is 4.79 Å². The largest absolute Gasteiger partial charge is 0.482 e. The van der Waals surface area contributed by atoms with Crippen molar-refractivity contribution in [3.8, 4) is 5.75 Å². The molecule has 0 unspecified atom stereocenters. The number of benzene rings is 3. The summed E-state index contributed by atoms with van der Waals surface area (Å²) in [4.78, 5) is 12.0. The standard InChI is InChI=1S/C21H16BrCl3N2O2/c22-17-7-6-16(10-18(17)24)26-11-13-1-8-20(19(25)9-13)29-12-21(28)27-15-4-2-14(23)3-5-15/h1-10,26H,11-12H2,(H,27,28). The molecule has 29 heavy (non-hydrogen) atoms. The van der Waals surface area contributed by atoms with Gasteiger partial charge in [-0.05, 0) is 76.1 Å². The molecule has 3 aromatic rings. The summed E-state index contributed by atoms with van der Waals surface area (Å²) in [6.45, 7) is 0.409. The number of hydrogen-bond acceptors (Lipinski definition) is 3. The maximum absolute atomic E-state index is 12.0. The van der Waals surface area contributed by atoms with Crippen LogP contribution in [-0.4, -0.2) is 12.5 Å². The summed E-state index contributed by atoms with van der Waals surface area (Å²) in [5, 5.41) is 7.67. The number of rotatable bonds is 7. The van der Waals surface area contributed by atoms with Gasteiger partial charge >= 0.3 is 0 Å². The fourth-order valence-electron chi connectivity index (χ4n) is 2.46. The van der Waals surface area contributed by atoms with Crippen molar-refractivity contribution in [2.24, 2.45) is 0 Å². The van der Waals surface area contributed by atoms with Crippen LogP contribution in [0.15, 0.2) is 65.1 Å². The van der Waals surface area contributed by atoms with Crippen molar-refractivity contribution >= 4 is 68.0 Å². The number of halogens is 4. The number of nitrogens with one attached hydrogen (secondary N) is 2. The molecule has 2 N–H and O–H groups in total. The zero-order chi connectivity index (χ0) is 20.8. The number of amides is 1. The van der Waals surface area contributed by atoms with Gasteiger partial charge in [0.25, 0.3) is 5.91 Å². The molecular formula is C21H16BrCl3N2O2. The molecular weight excluding hydrogens is 499 g/mol. The van der Waals surface area contributed by atoms with Crippen molar-refractivity contribution < 1.29 is 9.53 Å². The fourth-order valence-corrected chi connectivity index (χ4v) is 3.27. The molecule has 0 bridgehead atoms. The maximum Gasteiger partial charge on any atom is 0.262 e. The van der Waals surface area contributed by atoms with Gasteiger partial charge in [0, 0.05) is 27.4 Å². The van der Waals surface area contributed by atoms with E-state index in [0.717, 1.165) is 15.7 Å². The molecule has 3 aromatic carbocycles. The van der Waals surface area contributed by atoms with Crippen molar-refractivity contribution in [1.82, 2.24) is 0 Å². The van der Waals surface area contributed by atoms with Crippen molar-refractivity contribution in [2.45, 2.75) is 6.54 Å². The molecule has 0 saturated carbocycles. The Labute approximate surface area is 192 Å². The fraction of sp³-hybridized carbons (Fsp3) is 0.0952. The highest BCUT2D eigenvalue weighted by atomic mass is 79.9. The smallest absolute Gasteiger partial charge is 0.262 e. The van der Waals surface area contributed by atoms with Gasteiger partial charge in [0.05, 0.1) is 10.0 Å². The van der Waals surface area contributed by atoms with Crippen molar-refractivity contribution in [1.29, 1.82) is 0 Å². The first-order valence-corrected chi connectivity index (χ1v) is 10.5. The Balaban J connectivity index is 1.52. The third kappa shape index (κ3) is 6.54. The van der Waals surface area contributed by atoms with Gasteiger partial charge in [-0.2, -0.15) is 0 Å². The Morgan fingerprint density at radius 2 is 1.62 bits per heavy atom. The SMILES string of the molecule is O=C(COc1ccc(CNc2ccc(Br)c(Cl)c2)cc1Cl)Nc1ccc(Cl)cc1. The van der Waals surface area contributed by atoms with Crippen molar-refractivity contribution in [3.05, 3.63) is 85.8 Å². The zero-order valence-electron chi connectivity index (χ0n) is 15.0. The van der Waals surface area contributed by atoms with Crippen LogP contribution in [0.3, 0.4) is 0 Å². The predicted octanol–water partition coefficient (Wildman–Crippen LogP) is 7.04. The van der Waals surface area contributed by atoms with Crippen LogP contribution in [0.4, 0.5) is 11.4 Å². The van der Waals surface area contributed by atoms with Crippen LogP contribution < -0.4 is 15.4 Å². The average Bonchev–Trinajstić information content (AvgIpc) is 2.70. The number of hydrogen-bond donors (Lipinski definition) is 2. The highest BCUT2D eigenvalue weighted by Gasteiger charge is 2.08. The van der Waals surface area contributed by atoms with Gasteiger partial charge < -0.3 is 15.4 Å². The highest BCUT2D eigenvalue weighted by molar-refractivity contribution is 9.10. The molecule has 1 amide bonds. The normalized spacial score (nSPS) is 10.5. The molecule has 0 radical (unpaired) electrons. The molecule has 0 heterocycles. The molecule has 0 saturated heterocycles. The second-order valence-corrected chi connectivity index (χ2v) is 8.20. The number of carbonyl (C=O) groups is 1. The lowest BCUT2D eigenvalue weighted by Crippen LogP contribution is -2.20. The van der Waals surface area contributed by atoms with Crippen LogP contribution in [-0.2, 0) is 11.3 Å². The van der Waals surface area contributed by atoms with Gasteiger partial charge in [-0.25, -0.2) is 0 Å². The lowest BCUT2D eigenvalue weighted by molar-refractivity contribution is -0.118. The number of anilines is 2. The Kier molecular flexibility index (Phi) is 7.67. The summed E-state index contributed by atoms with van der Waals surface area (Å²) in [7, 11) is 0. The third-order valence-corrected chi connectivity index (χ3v) is 5.68. The monoisotopic (exact) mass is 512 g/mol. The van der Waals surface area contributed by atoms with E-state index >= 15 is 0 Å². The topological polar surface area (TPSA) is 50.4 Å². The summed E-state index contributed by atoms with van der Waals surface area (Å²) in [6, 6.07) is 17.9. The zero-order valence-corrected chi connectivity index (χ0v) is 18.9. The van der Waals surface area contributed by atoms with Crippen LogP contribution in [0, 0.1) is 0 Å². The second kappa shape index (κ2) is 10.2. The first kappa shape index (κ1) is 21.8. The van der Waals surface area contributed by atoms with E-state index in [1.165, 1.54) is 0 Å². The molecule has 0 aliphatic carbocycles. The molecule has 0 atom stereocenters. The molecule has 3 rings (SSSR count). The van der Waals surface area contributed by atoms with E-state index in [4.69, 9.17) is 39.5 Å². The molecule has 0 aliphatic rings. The molecule has 0 spiro atoms. The molecule has 0 aliphatic heterocycles. The second-order valence-electron chi connectivity index (χ2n) is 6.09. The molecule has 0 aromatic heterocycles. The van der Waals surface area contributed by atoms with Gasteiger partial charge in [-0.1, -0.05) is 40.9 Å². The highest BCUT2D eigenvalue weighted by Crippen LogP contribution is 2.28. The Bertz CT molecular complexity index is 1010. The minimum atomic E-state index is -0.291. The van der Waals surface area contributed by atoms with Crippen LogP contribution in [0.2, 0.25) is 15.1 Å². The maximum atomic E-state index is 12.0. The lowest BCUT2D eigenvalue weighted by atomic mass is 10.2. The molecule has 0 fully saturated rings. The molecule has 8 heteroatoms. The van der Waals surface area contributed by atoms with Crippen molar-refractivity contribution in [3.63, 3.8) is 0 Å². The molecule has 4 nitrogen and oxygen atoms in total. The van der Waals surface area contributed by atoms with E-state index in [2.05, 4.69) is 26.6 Å². The van der Waals surface area contributed by atoms with E-state index in [0.29, 0.717) is 33.0 Å². The quantitative estimate of drug-likeness (QED) is 0.356. The van der Waals surface area contributed by atoms with Crippen LogP contribution in [0.1, 0.15) is 5.56 Å². The van der Waals surface area contributed by atoms with Crippen molar-refractivity contribution in [2.75, 3.05) is 17.2 Å². The molecule has 150 valence electrons. The van der Waals surface area contributed by atoms with E-state index < -0.39 is 0 Å². The third-order valence-electron chi connectivity index (χ3n) is 3.90. The predicted molar refractivity (Wildman–Crippen MR) is 124 cm³/mol. The summed E-state index contributed by atoms with van der Waals surface area (Å²) < 4.78 is 6.37. The van der Waals surface area contributed by atoms with Gasteiger partial charge in [0.1, 0.15) is 5.75 Å².